The molecular formula is C97H98N4O14P6. The molecule has 0 aliphatic rings. The second-order valence-corrected chi connectivity index (χ2v) is 39.8. The first kappa shape index (κ1) is 91.2. The lowest BCUT2D eigenvalue weighted by Gasteiger charge is -2.26. The number of rotatable bonds is 40. The van der Waals surface area contributed by atoms with Gasteiger partial charge in [0.05, 0.1) is 0 Å². The Morgan fingerprint density at radius 3 is 0.736 bits per heavy atom. The molecule has 0 heterocycles. The molecule has 0 bridgehead atoms. The van der Waals surface area contributed by atoms with Gasteiger partial charge in [0.15, 0.2) is 0 Å². The van der Waals surface area contributed by atoms with E-state index >= 15 is 0 Å². The van der Waals surface area contributed by atoms with Gasteiger partial charge in [-0.15, -0.1) is 13.2 Å². The zero-order valence-electron chi connectivity index (χ0n) is 67.8. The molecule has 4 unspecified atom stereocenters. The van der Waals surface area contributed by atoms with Crippen molar-refractivity contribution in [3.63, 3.8) is 0 Å². The second-order valence-electron chi connectivity index (χ2n) is 28.1. The summed E-state index contributed by atoms with van der Waals surface area (Å²) in [6, 6.07) is 97.5. The Morgan fingerprint density at radius 2 is 0.488 bits per heavy atom. The van der Waals surface area contributed by atoms with Crippen LogP contribution in [0.25, 0.3) is 22.3 Å². The molecule has 0 fully saturated rings. The van der Waals surface area contributed by atoms with Crippen molar-refractivity contribution in [2.24, 2.45) is 0 Å². The van der Waals surface area contributed by atoms with Gasteiger partial charge in [-0.25, -0.2) is 28.4 Å². The average molecular weight is 1730 g/mol. The SMILES string of the molecule is C=CCNP(=O)(Nc1ccccc1)Oc1ccc(Cc2ccc(OP(=O)(NCC=C)Nc3ccccc3)cc2)cc1.C=CP(=O)(C=C)Oc1ccc(-c2ccc(OP(=O)(C=C)C=C)cc2)cc1.C=CP(=O)(Oc1ccc(-c2ccc(OP(=O)(C=C)Oc3ccc(C(C)(C)c4ccccc4)cc3)cc2)cc1)Oc1ccc(C(C)(C)c2ccccc2)cc1. The lowest BCUT2D eigenvalue weighted by atomic mass is 9.78. The molecule has 0 radical (unpaired) electrons. The Kier molecular flexibility index (Phi) is 31.8. The van der Waals surface area contributed by atoms with E-state index in [1.807, 2.05) is 194 Å². The average Bonchev–Trinajstić information content (AvgIpc) is 0.800. The number of hydrogen-bond donors (Lipinski definition) is 4. The van der Waals surface area contributed by atoms with Gasteiger partial charge in [0.25, 0.3) is 14.7 Å². The van der Waals surface area contributed by atoms with Crippen LogP contribution < -0.4 is 56.5 Å². The largest absolute Gasteiger partial charge is 0.455 e. The monoisotopic (exact) mass is 1730 g/mol. The maximum absolute atomic E-state index is 13.6. The summed E-state index contributed by atoms with van der Waals surface area (Å²) in [6.07, 6.45) is 3.90. The molecule has 0 spiro atoms. The van der Waals surface area contributed by atoms with E-state index in [1.54, 1.807) is 109 Å². The van der Waals surface area contributed by atoms with Crippen LogP contribution in [0.5, 0.6) is 46.0 Å². The number of nitrogens with one attached hydrogen (secondary N) is 4. The molecule has 4 N–H and O–H groups in total. The van der Waals surface area contributed by atoms with Gasteiger partial charge in [-0.2, -0.15) is 0 Å². The Labute approximate surface area is 710 Å². The van der Waals surface area contributed by atoms with Crippen molar-refractivity contribution >= 4 is 56.6 Å². The molecule has 0 saturated heterocycles. The Morgan fingerprint density at radius 1 is 0.264 bits per heavy atom. The van der Waals surface area contributed by atoms with E-state index in [0.717, 1.165) is 44.5 Å². The van der Waals surface area contributed by atoms with Gasteiger partial charge in [-0.05, 0) is 183 Å². The van der Waals surface area contributed by atoms with Crippen LogP contribution in [0.4, 0.5) is 11.4 Å². The fraction of sp³-hybridized carbons (Fsp3) is 0.0928. The van der Waals surface area contributed by atoms with Crippen LogP contribution in [0, 0.1) is 0 Å². The van der Waals surface area contributed by atoms with Crippen LogP contribution in [0.15, 0.2) is 415 Å². The molecule has 0 saturated carbocycles. The molecule has 121 heavy (non-hydrogen) atoms. The molecule has 24 heteroatoms. The zero-order chi connectivity index (χ0) is 86.6. The van der Waals surface area contributed by atoms with Crippen molar-refractivity contribution < 1.29 is 63.6 Å². The third-order valence-electron chi connectivity index (χ3n) is 18.8. The van der Waals surface area contributed by atoms with E-state index in [-0.39, 0.29) is 10.8 Å². The van der Waals surface area contributed by atoms with Crippen LogP contribution in [-0.4, -0.2) is 13.1 Å². The normalized spacial score (nSPS) is 13.2. The molecule has 0 aliphatic heterocycles. The van der Waals surface area contributed by atoms with E-state index in [1.165, 1.54) is 46.0 Å². The first-order valence-electron chi connectivity index (χ1n) is 38.3. The fourth-order valence-corrected chi connectivity index (χ4v) is 18.4. The third kappa shape index (κ3) is 26.4. The molecule has 12 aromatic rings. The Balaban J connectivity index is 0.000000203. The minimum Gasteiger partial charge on any atom is -0.438 e. The van der Waals surface area contributed by atoms with Gasteiger partial charge < -0.3 is 36.2 Å². The highest BCUT2D eigenvalue weighted by atomic mass is 31.2. The summed E-state index contributed by atoms with van der Waals surface area (Å²) in [7, 11) is -20.4. The molecule has 620 valence electrons. The number of para-hydroxylation sites is 2. The summed E-state index contributed by atoms with van der Waals surface area (Å²) >= 11 is 0. The third-order valence-corrected chi connectivity index (χ3v) is 27.9. The van der Waals surface area contributed by atoms with Gasteiger partial charge in [0.1, 0.15) is 46.0 Å². The molecular weight excluding hydrogens is 1630 g/mol. The van der Waals surface area contributed by atoms with Crippen LogP contribution in [0.3, 0.4) is 0 Å². The van der Waals surface area contributed by atoms with Crippen LogP contribution >= 0.6 is 45.3 Å². The van der Waals surface area contributed by atoms with Gasteiger partial charge in [0, 0.05) is 70.2 Å². The lowest BCUT2D eigenvalue weighted by molar-refractivity contribution is 0.396. The van der Waals surface area contributed by atoms with Gasteiger partial charge >= 0.3 is 30.5 Å². The predicted octanol–water partition coefficient (Wildman–Crippen LogP) is 28.9. The summed E-state index contributed by atoms with van der Waals surface area (Å²) in [5.74, 6) is 10.9. The van der Waals surface area contributed by atoms with E-state index in [9.17, 15) is 27.4 Å². The van der Waals surface area contributed by atoms with E-state index in [2.05, 4.69) is 125 Å². The standard InChI is InChI=1S/C46H44O6P2.C31H34N4O4P2.C20H20O4P2/c1-7-53(47,51-43-31-23-39(24-32-43)45(3,4)37-15-11-9-12-16-37)49-41-27-19-35(20-28-41)36-21-29-42(30-22-36)50-54(48,8-2)52-44-33-25-40(26-34-44)46(5,6)38-17-13-10-14-18-38;1-3-23-32-40(36,34-28-11-7-5-8-12-28)38-30-19-15-26(16-20-30)25-27-17-21-31(22-18-27)39-41(37,33-24-4-2)35-29-13-9-6-10-14-29;1-5-25(21,6-2)23-19-13-9-17(10-14-19)18-11-15-20(16-12-18)24-26(22,7-3)8-4/h7-34H,1-2H2,3-6H3;3-22H,1-2,23-25H2,(H2,32,34,36)(H2,33,35,37);5-16H,1-4H2. The highest BCUT2D eigenvalue weighted by Crippen LogP contribution is 2.54. The maximum atomic E-state index is 13.6. The zero-order valence-corrected chi connectivity index (χ0v) is 73.2. The van der Waals surface area contributed by atoms with Gasteiger partial charge in [-0.1, -0.05) is 273 Å². The Hall–Kier alpha value is -12.1. The van der Waals surface area contributed by atoms with Crippen LogP contribution in [0.2, 0.25) is 0 Å². The predicted molar refractivity (Wildman–Crippen MR) is 498 cm³/mol. The topological polar surface area (TPSA) is 224 Å². The molecule has 0 aliphatic carbocycles. The summed E-state index contributed by atoms with van der Waals surface area (Å²) < 4.78 is 124. The first-order valence-corrected chi connectivity index (χ1v) is 48.3. The number of benzene rings is 12. The lowest BCUT2D eigenvalue weighted by Crippen LogP contribution is -2.20. The smallest absolute Gasteiger partial charge is 0.438 e. The highest BCUT2D eigenvalue weighted by Gasteiger charge is 2.31. The van der Waals surface area contributed by atoms with Crippen molar-refractivity contribution in [1.82, 2.24) is 10.2 Å². The van der Waals surface area contributed by atoms with Crippen molar-refractivity contribution in [3.05, 3.63) is 449 Å². The number of hydrogen-bond acceptors (Lipinski definition) is 14. The minimum atomic E-state index is -3.72. The molecule has 0 amide bonds. The fourth-order valence-electron chi connectivity index (χ4n) is 11.9. The van der Waals surface area contributed by atoms with Crippen molar-refractivity contribution in [3.8, 4) is 68.2 Å². The number of anilines is 2. The molecule has 4 atom stereocenters. The van der Waals surface area contributed by atoms with Crippen LogP contribution in [-0.2, 0) is 44.6 Å². The van der Waals surface area contributed by atoms with Crippen molar-refractivity contribution in [2.75, 3.05) is 23.3 Å². The summed E-state index contributed by atoms with van der Waals surface area (Å²) in [5.41, 5.74) is 11.2. The van der Waals surface area contributed by atoms with E-state index in [4.69, 9.17) is 36.2 Å². The quantitative estimate of drug-likeness (QED) is 0.0207. The molecule has 12 rings (SSSR count). The minimum absolute atomic E-state index is 0.218. The maximum Gasteiger partial charge on any atom is 0.455 e. The summed E-state index contributed by atoms with van der Waals surface area (Å²) in [4.78, 5) is 0. The highest BCUT2D eigenvalue weighted by molar-refractivity contribution is 7.66. The van der Waals surface area contributed by atoms with Crippen LogP contribution in [0.1, 0.15) is 61.1 Å². The molecule has 0 aromatic heterocycles. The van der Waals surface area contributed by atoms with Gasteiger partial charge in [-0.3, -0.25) is 19.3 Å². The van der Waals surface area contributed by atoms with E-state index < -0.39 is 45.3 Å². The molecule has 12 aromatic carbocycles. The molecule has 18 nitrogen and oxygen atoms in total. The van der Waals surface area contributed by atoms with E-state index in [0.29, 0.717) is 76.9 Å². The van der Waals surface area contributed by atoms with Gasteiger partial charge in [0.2, 0.25) is 0 Å². The van der Waals surface area contributed by atoms with Crippen molar-refractivity contribution in [1.29, 1.82) is 0 Å². The summed E-state index contributed by atoms with van der Waals surface area (Å²) in [6.45, 7) is 38.1. The van der Waals surface area contributed by atoms with Crippen molar-refractivity contribution in [2.45, 2.75) is 44.9 Å². The Bertz CT molecular complexity index is 5410. The summed E-state index contributed by atoms with van der Waals surface area (Å²) in [5, 5.41) is 11.7. The second kappa shape index (κ2) is 42.2. The first-order chi connectivity index (χ1) is 58.1.